The van der Waals surface area contributed by atoms with Gasteiger partial charge in [0.25, 0.3) is 5.91 Å². The van der Waals surface area contributed by atoms with E-state index in [2.05, 4.69) is 10.3 Å². The third-order valence-corrected chi connectivity index (χ3v) is 4.91. The fraction of sp³-hybridized carbons (Fsp3) is 0.250. The maximum absolute atomic E-state index is 12.3. The van der Waals surface area contributed by atoms with Crippen molar-refractivity contribution >= 4 is 52.0 Å². The molecule has 28 heavy (non-hydrogen) atoms. The Kier molecular flexibility index (Phi) is 6.59. The number of esters is 1. The summed E-state index contributed by atoms with van der Waals surface area (Å²) in [6.07, 6.45) is 1.98. The van der Waals surface area contributed by atoms with Crippen LogP contribution in [0.3, 0.4) is 0 Å². The number of imidazole rings is 1. The number of fused-ring (bicyclic) bond motifs is 1. The third kappa shape index (κ3) is 4.85. The van der Waals surface area contributed by atoms with Crippen LogP contribution in [0.2, 0.25) is 5.02 Å². The molecule has 6 nitrogen and oxygen atoms in total. The third-order valence-electron chi connectivity index (χ3n) is 4.13. The number of carbonyl (C=O) groups is 2. The van der Waals surface area contributed by atoms with Crippen molar-refractivity contribution in [3.05, 3.63) is 58.9 Å². The number of nitrogens with zero attached hydrogens (tertiary/aromatic N) is 2. The van der Waals surface area contributed by atoms with Crippen molar-refractivity contribution in [2.75, 3.05) is 18.2 Å². The molecule has 146 valence electrons. The van der Waals surface area contributed by atoms with Gasteiger partial charge >= 0.3 is 5.97 Å². The van der Waals surface area contributed by atoms with Gasteiger partial charge in [-0.15, -0.1) is 0 Å². The highest BCUT2D eigenvalue weighted by Gasteiger charge is 2.15. The molecule has 0 spiro atoms. The maximum atomic E-state index is 12.3. The Morgan fingerprint density at radius 3 is 2.82 bits per heavy atom. The van der Waals surface area contributed by atoms with Crippen molar-refractivity contribution < 1.29 is 14.3 Å². The molecule has 0 aliphatic rings. The van der Waals surface area contributed by atoms with Gasteiger partial charge in [0.1, 0.15) is 12.4 Å². The fourth-order valence-corrected chi connectivity index (χ4v) is 3.43. The maximum Gasteiger partial charge on any atom is 0.326 e. The molecule has 1 heterocycles. The standard InChI is InChI=1S/C20H20ClN3O3S/c1-13-7-8-14(21)9-16(13)23-19(25)11-27-20(26)10-24-17-6-4-3-5-15(17)22-18(24)12-28-2/h3-9H,10-12H2,1-2H3,(H,23,25). The highest BCUT2D eigenvalue weighted by atomic mass is 35.5. The first-order chi connectivity index (χ1) is 13.5. The predicted octanol–water partition coefficient (Wildman–Crippen LogP) is 4.04. The van der Waals surface area contributed by atoms with E-state index in [1.165, 1.54) is 0 Å². The van der Waals surface area contributed by atoms with Gasteiger partial charge in [-0.05, 0) is 43.0 Å². The molecular formula is C20H20ClN3O3S. The molecule has 0 saturated carbocycles. The summed E-state index contributed by atoms with van der Waals surface area (Å²) in [7, 11) is 0. The Morgan fingerprint density at radius 1 is 1.25 bits per heavy atom. The first kappa shape index (κ1) is 20.2. The van der Waals surface area contributed by atoms with Crippen LogP contribution in [-0.2, 0) is 26.6 Å². The van der Waals surface area contributed by atoms with Crippen LogP contribution in [0, 0.1) is 6.92 Å². The number of ether oxygens (including phenoxy) is 1. The number of thioether (sulfide) groups is 1. The van der Waals surface area contributed by atoms with Crippen LogP contribution in [0.5, 0.6) is 0 Å². The molecule has 1 N–H and O–H groups in total. The summed E-state index contributed by atoms with van der Waals surface area (Å²) in [6, 6.07) is 12.8. The highest BCUT2D eigenvalue weighted by Crippen LogP contribution is 2.20. The summed E-state index contributed by atoms with van der Waals surface area (Å²) in [5.41, 5.74) is 3.16. The lowest BCUT2D eigenvalue weighted by molar-refractivity contribution is -0.147. The smallest absolute Gasteiger partial charge is 0.326 e. The number of amides is 1. The number of aromatic nitrogens is 2. The molecule has 0 saturated heterocycles. The summed E-state index contributed by atoms with van der Waals surface area (Å²) in [4.78, 5) is 29.0. The summed E-state index contributed by atoms with van der Waals surface area (Å²) in [5, 5.41) is 3.22. The van der Waals surface area contributed by atoms with Crippen molar-refractivity contribution in [3.8, 4) is 0 Å². The Balaban J connectivity index is 1.63. The van der Waals surface area contributed by atoms with E-state index in [0.29, 0.717) is 16.5 Å². The topological polar surface area (TPSA) is 73.2 Å². The molecule has 0 bridgehead atoms. The monoisotopic (exact) mass is 417 g/mol. The molecule has 0 radical (unpaired) electrons. The average Bonchev–Trinajstić information content (AvgIpc) is 3.01. The number of para-hydroxylation sites is 2. The van der Waals surface area contributed by atoms with Crippen LogP contribution in [0.15, 0.2) is 42.5 Å². The molecule has 0 fully saturated rings. The van der Waals surface area contributed by atoms with Crippen LogP contribution in [-0.4, -0.2) is 34.3 Å². The highest BCUT2D eigenvalue weighted by molar-refractivity contribution is 7.97. The Hall–Kier alpha value is -2.51. The van der Waals surface area contributed by atoms with E-state index >= 15 is 0 Å². The zero-order chi connectivity index (χ0) is 20.1. The van der Waals surface area contributed by atoms with E-state index in [9.17, 15) is 9.59 Å². The second kappa shape index (κ2) is 9.12. The molecule has 2 aromatic carbocycles. The lowest BCUT2D eigenvalue weighted by Crippen LogP contribution is -2.23. The largest absolute Gasteiger partial charge is 0.454 e. The molecule has 0 aliphatic heterocycles. The fourth-order valence-electron chi connectivity index (χ4n) is 2.78. The van der Waals surface area contributed by atoms with Crippen molar-refractivity contribution in [2.45, 2.75) is 19.2 Å². The molecule has 3 aromatic rings. The first-order valence-corrected chi connectivity index (χ1v) is 10.4. The summed E-state index contributed by atoms with van der Waals surface area (Å²) < 4.78 is 6.99. The number of aryl methyl sites for hydroxylation is 1. The Morgan fingerprint density at radius 2 is 2.04 bits per heavy atom. The van der Waals surface area contributed by atoms with Gasteiger partial charge in [-0.3, -0.25) is 9.59 Å². The van der Waals surface area contributed by atoms with Gasteiger partial charge in [-0.1, -0.05) is 29.8 Å². The Bertz CT molecular complexity index is 1020. The van der Waals surface area contributed by atoms with Crippen LogP contribution < -0.4 is 5.32 Å². The number of hydrogen-bond acceptors (Lipinski definition) is 5. The van der Waals surface area contributed by atoms with Gasteiger partial charge in [0.15, 0.2) is 6.61 Å². The summed E-state index contributed by atoms with van der Waals surface area (Å²) in [6.45, 7) is 1.49. The zero-order valence-electron chi connectivity index (χ0n) is 15.6. The van der Waals surface area contributed by atoms with E-state index in [0.717, 1.165) is 22.4 Å². The molecule has 8 heteroatoms. The SMILES string of the molecule is CSCc1nc2ccccc2n1CC(=O)OCC(=O)Nc1cc(Cl)ccc1C. The summed E-state index contributed by atoms with van der Waals surface area (Å²) >= 11 is 7.57. The van der Waals surface area contributed by atoms with Crippen LogP contribution >= 0.6 is 23.4 Å². The average molecular weight is 418 g/mol. The Labute approximate surface area is 172 Å². The van der Waals surface area contributed by atoms with Crippen molar-refractivity contribution in [1.82, 2.24) is 9.55 Å². The number of nitrogens with one attached hydrogen (secondary N) is 1. The molecule has 1 amide bonds. The number of halogens is 1. The van der Waals surface area contributed by atoms with Crippen LogP contribution in [0.4, 0.5) is 5.69 Å². The quantitative estimate of drug-likeness (QED) is 0.587. The minimum Gasteiger partial charge on any atom is -0.454 e. The second-order valence-electron chi connectivity index (χ2n) is 6.20. The zero-order valence-corrected chi connectivity index (χ0v) is 17.1. The van der Waals surface area contributed by atoms with E-state index in [1.54, 1.807) is 30.0 Å². The lowest BCUT2D eigenvalue weighted by atomic mass is 10.2. The van der Waals surface area contributed by atoms with Crippen LogP contribution in [0.1, 0.15) is 11.4 Å². The van der Waals surface area contributed by atoms with Crippen molar-refractivity contribution in [1.29, 1.82) is 0 Å². The summed E-state index contributed by atoms with van der Waals surface area (Å²) in [5.74, 6) is 0.558. The number of hydrogen-bond donors (Lipinski definition) is 1. The predicted molar refractivity (Wildman–Crippen MR) is 113 cm³/mol. The van der Waals surface area contributed by atoms with Gasteiger partial charge in [0.05, 0.1) is 16.8 Å². The molecule has 0 aliphatic carbocycles. The minimum atomic E-state index is -0.497. The molecule has 0 unspecified atom stereocenters. The van der Waals surface area contributed by atoms with Crippen molar-refractivity contribution in [2.24, 2.45) is 0 Å². The van der Waals surface area contributed by atoms with Gasteiger partial charge in [0.2, 0.25) is 0 Å². The van der Waals surface area contributed by atoms with E-state index in [1.807, 2.05) is 42.0 Å². The van der Waals surface area contributed by atoms with E-state index < -0.39 is 11.9 Å². The van der Waals surface area contributed by atoms with Gasteiger partial charge in [-0.2, -0.15) is 11.8 Å². The molecular weight excluding hydrogens is 398 g/mol. The normalized spacial score (nSPS) is 10.8. The lowest BCUT2D eigenvalue weighted by Gasteiger charge is -2.11. The number of rotatable bonds is 7. The van der Waals surface area contributed by atoms with Gasteiger partial charge in [-0.25, -0.2) is 4.98 Å². The number of benzene rings is 2. The van der Waals surface area contributed by atoms with E-state index in [4.69, 9.17) is 16.3 Å². The second-order valence-corrected chi connectivity index (χ2v) is 7.51. The molecule has 0 atom stereocenters. The van der Waals surface area contributed by atoms with E-state index in [-0.39, 0.29) is 13.2 Å². The van der Waals surface area contributed by atoms with Gasteiger partial charge in [0, 0.05) is 10.7 Å². The molecule has 1 aromatic heterocycles. The van der Waals surface area contributed by atoms with Crippen molar-refractivity contribution in [3.63, 3.8) is 0 Å². The van der Waals surface area contributed by atoms with Crippen LogP contribution in [0.25, 0.3) is 11.0 Å². The minimum absolute atomic E-state index is 0.000119. The number of carbonyl (C=O) groups excluding carboxylic acids is 2. The van der Waals surface area contributed by atoms with Gasteiger partial charge < -0.3 is 14.6 Å². The molecule has 3 rings (SSSR count). The first-order valence-electron chi connectivity index (χ1n) is 8.62. The number of anilines is 1.